The molecule has 6 aromatic rings. The minimum Gasteiger partial charge on any atom is -0.293 e. The number of halogens is 2. The molecule has 0 atom stereocenters. The van der Waals surface area contributed by atoms with E-state index in [-0.39, 0.29) is 5.78 Å². The van der Waals surface area contributed by atoms with Crippen LogP contribution in [0.15, 0.2) is 114 Å². The maximum atomic E-state index is 11.6. The third-order valence-corrected chi connectivity index (χ3v) is 7.06. The van der Waals surface area contributed by atoms with E-state index in [1.165, 1.54) is 32.3 Å². The number of ketones is 1. The molecule has 0 fully saturated rings. The first-order valence-electron chi connectivity index (χ1n) is 10.7. The summed E-state index contributed by atoms with van der Waals surface area (Å²) in [5.74, 6) is 0.127. The zero-order valence-electron chi connectivity index (χ0n) is 17.8. The molecule has 0 unspecified atom stereocenters. The quantitative estimate of drug-likeness (QED) is 0.118. The standard InChI is InChI=1S/C18H11Br.C12H9BrO/c19-18-7-3-6-14-10-15-8-12-4-1-2-5-13(12)9-16(15)11-17(14)18;13-8-12(14)11-7-3-5-9-4-1-2-6-10(9)11/h1-11H;1-7H,8H2. The topological polar surface area (TPSA) is 17.1 Å². The molecule has 6 aromatic carbocycles. The minimum atomic E-state index is 0.127. The van der Waals surface area contributed by atoms with Crippen molar-refractivity contribution in [2.45, 2.75) is 0 Å². The lowest BCUT2D eigenvalue weighted by atomic mass is 10.00. The Bertz CT molecular complexity index is 1630. The highest BCUT2D eigenvalue weighted by Gasteiger charge is 2.07. The number of hydrogen-bond donors (Lipinski definition) is 0. The molecule has 0 aliphatic heterocycles. The number of carbonyl (C=O) groups is 1. The van der Waals surface area contributed by atoms with E-state index in [0.29, 0.717) is 5.33 Å². The maximum Gasteiger partial charge on any atom is 0.173 e. The molecule has 0 amide bonds. The van der Waals surface area contributed by atoms with Gasteiger partial charge in [0, 0.05) is 10.0 Å². The molecule has 0 N–H and O–H groups in total. The first-order valence-corrected chi connectivity index (χ1v) is 12.6. The Morgan fingerprint density at radius 1 is 0.545 bits per heavy atom. The zero-order valence-corrected chi connectivity index (χ0v) is 20.9. The van der Waals surface area contributed by atoms with Crippen LogP contribution >= 0.6 is 31.9 Å². The second kappa shape index (κ2) is 9.46. The van der Waals surface area contributed by atoms with E-state index in [1.54, 1.807) is 0 Å². The number of Topliss-reactive ketones (excluding diaryl/α,β-unsaturated/α-hetero) is 1. The number of carbonyl (C=O) groups excluding carboxylic acids is 1. The lowest BCUT2D eigenvalue weighted by Crippen LogP contribution is -2.00. The lowest BCUT2D eigenvalue weighted by molar-refractivity contribution is 0.102. The molecule has 1 nitrogen and oxygen atoms in total. The zero-order chi connectivity index (χ0) is 22.8. The fourth-order valence-electron chi connectivity index (χ4n) is 4.22. The summed E-state index contributed by atoms with van der Waals surface area (Å²) in [6.45, 7) is 0. The number of fused-ring (bicyclic) bond motifs is 4. The molecule has 33 heavy (non-hydrogen) atoms. The lowest BCUT2D eigenvalue weighted by Gasteiger charge is -2.06. The van der Waals surface area contributed by atoms with Crippen molar-refractivity contribution in [3.63, 3.8) is 0 Å². The van der Waals surface area contributed by atoms with Crippen LogP contribution in [0, 0.1) is 0 Å². The molecular weight excluding hydrogens is 536 g/mol. The predicted molar refractivity (Wildman–Crippen MR) is 149 cm³/mol. The smallest absolute Gasteiger partial charge is 0.173 e. The molecule has 6 rings (SSSR count). The van der Waals surface area contributed by atoms with Crippen LogP contribution in [-0.4, -0.2) is 11.1 Å². The average molecular weight is 556 g/mol. The van der Waals surface area contributed by atoms with Crippen molar-refractivity contribution >= 4 is 80.7 Å². The van der Waals surface area contributed by atoms with E-state index in [2.05, 4.69) is 98.6 Å². The van der Waals surface area contributed by atoms with Crippen LogP contribution in [0.25, 0.3) is 43.1 Å². The van der Waals surface area contributed by atoms with Crippen LogP contribution in [0.5, 0.6) is 0 Å². The molecule has 0 radical (unpaired) electrons. The Morgan fingerprint density at radius 2 is 1.09 bits per heavy atom. The summed E-state index contributed by atoms with van der Waals surface area (Å²) < 4.78 is 1.15. The summed E-state index contributed by atoms with van der Waals surface area (Å²) in [4.78, 5) is 11.6. The number of alkyl halides is 1. The monoisotopic (exact) mass is 554 g/mol. The second-order valence-corrected chi connectivity index (χ2v) is 9.36. The second-order valence-electron chi connectivity index (χ2n) is 7.94. The Balaban J connectivity index is 0.000000146. The van der Waals surface area contributed by atoms with Gasteiger partial charge in [-0.25, -0.2) is 0 Å². The van der Waals surface area contributed by atoms with E-state index in [9.17, 15) is 4.79 Å². The predicted octanol–water partition coefficient (Wildman–Crippen LogP) is 9.33. The molecule has 0 bridgehead atoms. The highest BCUT2D eigenvalue weighted by Crippen LogP contribution is 2.31. The molecule has 0 aromatic heterocycles. The molecule has 3 heteroatoms. The van der Waals surface area contributed by atoms with E-state index in [0.717, 1.165) is 20.8 Å². The van der Waals surface area contributed by atoms with Gasteiger partial charge in [-0.3, -0.25) is 4.79 Å². The average Bonchev–Trinajstić information content (AvgIpc) is 2.86. The number of hydrogen-bond acceptors (Lipinski definition) is 1. The van der Waals surface area contributed by atoms with Crippen molar-refractivity contribution in [2.24, 2.45) is 0 Å². The van der Waals surface area contributed by atoms with Crippen LogP contribution in [0.1, 0.15) is 10.4 Å². The Kier molecular flexibility index (Phi) is 6.26. The van der Waals surface area contributed by atoms with Gasteiger partial charge in [0.15, 0.2) is 5.78 Å². The Morgan fingerprint density at radius 3 is 1.82 bits per heavy atom. The van der Waals surface area contributed by atoms with Gasteiger partial charge in [0.05, 0.1) is 5.33 Å². The van der Waals surface area contributed by atoms with Crippen molar-refractivity contribution in [2.75, 3.05) is 5.33 Å². The van der Waals surface area contributed by atoms with Crippen LogP contribution in [0.2, 0.25) is 0 Å². The molecule has 0 aliphatic carbocycles. The van der Waals surface area contributed by atoms with Gasteiger partial charge in [-0.05, 0) is 73.4 Å². The molecule has 0 saturated heterocycles. The molecular formula is C30H20Br2O. The van der Waals surface area contributed by atoms with Gasteiger partial charge in [0.25, 0.3) is 0 Å². The summed E-state index contributed by atoms with van der Waals surface area (Å²) >= 11 is 6.82. The fourth-order valence-corrected chi connectivity index (χ4v) is 5.02. The Hall–Kier alpha value is -3.01. The van der Waals surface area contributed by atoms with Gasteiger partial charge < -0.3 is 0 Å². The third kappa shape index (κ3) is 4.44. The summed E-state index contributed by atoms with van der Waals surface area (Å²) in [6, 6.07) is 37.6. The van der Waals surface area contributed by atoms with Gasteiger partial charge in [0.1, 0.15) is 0 Å². The molecule has 0 saturated carbocycles. The highest BCUT2D eigenvalue weighted by atomic mass is 79.9. The fraction of sp³-hybridized carbons (Fsp3) is 0.0333. The Labute approximate surface area is 209 Å². The first-order chi connectivity index (χ1) is 16.1. The van der Waals surface area contributed by atoms with Gasteiger partial charge in [-0.2, -0.15) is 0 Å². The summed E-state index contributed by atoms with van der Waals surface area (Å²) in [5.41, 5.74) is 0.792. The van der Waals surface area contributed by atoms with Crippen molar-refractivity contribution in [1.29, 1.82) is 0 Å². The van der Waals surface area contributed by atoms with Gasteiger partial charge in [-0.15, -0.1) is 0 Å². The van der Waals surface area contributed by atoms with E-state index in [4.69, 9.17) is 0 Å². The van der Waals surface area contributed by atoms with Crippen molar-refractivity contribution in [3.05, 3.63) is 119 Å². The molecule has 0 heterocycles. The van der Waals surface area contributed by atoms with E-state index < -0.39 is 0 Å². The van der Waals surface area contributed by atoms with Crippen LogP contribution < -0.4 is 0 Å². The van der Waals surface area contributed by atoms with E-state index >= 15 is 0 Å². The van der Waals surface area contributed by atoms with Crippen molar-refractivity contribution in [3.8, 4) is 0 Å². The van der Waals surface area contributed by atoms with Crippen LogP contribution in [0.4, 0.5) is 0 Å². The summed E-state index contributed by atoms with van der Waals surface area (Å²) in [7, 11) is 0. The molecule has 0 spiro atoms. The van der Waals surface area contributed by atoms with Crippen LogP contribution in [-0.2, 0) is 0 Å². The normalized spacial score (nSPS) is 11.0. The third-order valence-electron chi connectivity index (χ3n) is 5.86. The molecule has 0 aliphatic rings. The molecule has 160 valence electrons. The highest BCUT2D eigenvalue weighted by molar-refractivity contribution is 9.10. The maximum absolute atomic E-state index is 11.6. The largest absolute Gasteiger partial charge is 0.293 e. The van der Waals surface area contributed by atoms with E-state index in [1.807, 2.05) is 42.5 Å². The first kappa shape index (κ1) is 21.8. The van der Waals surface area contributed by atoms with Crippen LogP contribution in [0.3, 0.4) is 0 Å². The summed E-state index contributed by atoms with van der Waals surface area (Å²) in [6.07, 6.45) is 0. The van der Waals surface area contributed by atoms with Gasteiger partial charge >= 0.3 is 0 Å². The number of rotatable bonds is 2. The number of benzene rings is 6. The van der Waals surface area contributed by atoms with Gasteiger partial charge in [-0.1, -0.05) is 111 Å². The SMILES string of the molecule is Brc1cccc2cc3cc4ccccc4cc3cc12.O=C(CBr)c1cccc2ccccc12. The van der Waals surface area contributed by atoms with Gasteiger partial charge in [0.2, 0.25) is 0 Å². The van der Waals surface area contributed by atoms with Crippen molar-refractivity contribution < 1.29 is 4.79 Å². The minimum absolute atomic E-state index is 0.127. The summed E-state index contributed by atoms with van der Waals surface area (Å²) in [5, 5.41) is 10.2. The van der Waals surface area contributed by atoms with Crippen molar-refractivity contribution in [1.82, 2.24) is 0 Å².